The van der Waals surface area contributed by atoms with E-state index >= 15 is 0 Å². The Balaban J connectivity index is 2.21. The SMILES string of the molecule is CCOC(=O)c1cc([C@@H](C)CC(C)(C)C)sc1NC(=O)Cc1ccccc1. The first-order valence-corrected chi connectivity index (χ1v) is 10.2. The molecule has 0 saturated heterocycles. The van der Waals surface area contributed by atoms with Gasteiger partial charge in [-0.15, -0.1) is 11.3 Å². The summed E-state index contributed by atoms with van der Waals surface area (Å²) >= 11 is 1.47. The standard InChI is InChI=1S/C22H29NO3S/c1-6-26-21(25)17-13-18(15(2)14-22(3,4)5)27-20(17)23-19(24)12-16-10-8-7-9-11-16/h7-11,13,15H,6,12,14H2,1-5H3,(H,23,24)/t15-/m0/s1. The van der Waals surface area contributed by atoms with Crippen LogP contribution < -0.4 is 5.32 Å². The van der Waals surface area contributed by atoms with E-state index in [1.807, 2.05) is 36.4 Å². The zero-order valence-electron chi connectivity index (χ0n) is 16.8. The van der Waals surface area contributed by atoms with E-state index < -0.39 is 5.97 Å². The minimum absolute atomic E-state index is 0.136. The van der Waals surface area contributed by atoms with Gasteiger partial charge < -0.3 is 10.1 Å². The highest BCUT2D eigenvalue weighted by molar-refractivity contribution is 7.16. The summed E-state index contributed by atoms with van der Waals surface area (Å²) in [6, 6.07) is 11.4. The second kappa shape index (κ2) is 9.18. The Kier molecular flexibility index (Phi) is 7.19. The molecule has 1 amide bonds. The van der Waals surface area contributed by atoms with Crippen LogP contribution in [0.4, 0.5) is 5.00 Å². The van der Waals surface area contributed by atoms with Crippen molar-refractivity contribution in [1.82, 2.24) is 0 Å². The molecule has 1 atom stereocenters. The molecule has 0 aliphatic carbocycles. The Hall–Kier alpha value is -2.14. The van der Waals surface area contributed by atoms with Crippen LogP contribution in [0.15, 0.2) is 36.4 Å². The molecule has 1 N–H and O–H groups in total. The lowest BCUT2D eigenvalue weighted by atomic mass is 9.85. The molecule has 0 radical (unpaired) electrons. The van der Waals surface area contributed by atoms with Crippen LogP contribution in [-0.4, -0.2) is 18.5 Å². The number of anilines is 1. The monoisotopic (exact) mass is 387 g/mol. The van der Waals surface area contributed by atoms with E-state index in [1.165, 1.54) is 11.3 Å². The van der Waals surface area contributed by atoms with Crippen molar-refractivity contribution in [3.05, 3.63) is 52.4 Å². The minimum atomic E-state index is -0.391. The summed E-state index contributed by atoms with van der Waals surface area (Å²) in [6.45, 7) is 10.8. The fourth-order valence-electron chi connectivity index (χ4n) is 3.08. The molecule has 0 bridgehead atoms. The molecule has 5 heteroatoms. The van der Waals surface area contributed by atoms with Crippen LogP contribution in [0.2, 0.25) is 0 Å². The zero-order valence-corrected chi connectivity index (χ0v) is 17.6. The summed E-state index contributed by atoms with van der Waals surface area (Å²) in [4.78, 5) is 25.9. The maximum atomic E-state index is 12.5. The summed E-state index contributed by atoms with van der Waals surface area (Å²) in [5.41, 5.74) is 1.56. The lowest BCUT2D eigenvalue weighted by Crippen LogP contribution is -2.16. The Labute approximate surface area is 165 Å². The molecule has 1 heterocycles. The van der Waals surface area contributed by atoms with E-state index in [4.69, 9.17) is 4.74 Å². The van der Waals surface area contributed by atoms with E-state index in [2.05, 4.69) is 33.0 Å². The first kappa shape index (κ1) is 21.2. The largest absolute Gasteiger partial charge is 0.462 e. The predicted molar refractivity (Wildman–Crippen MR) is 112 cm³/mol. The van der Waals surface area contributed by atoms with Crippen molar-refractivity contribution in [3.63, 3.8) is 0 Å². The van der Waals surface area contributed by atoms with Crippen molar-refractivity contribution in [3.8, 4) is 0 Å². The van der Waals surface area contributed by atoms with Gasteiger partial charge in [0.1, 0.15) is 5.00 Å². The Bertz CT molecular complexity index is 775. The number of rotatable bonds is 7. The Morgan fingerprint density at radius 3 is 2.44 bits per heavy atom. The topological polar surface area (TPSA) is 55.4 Å². The number of ether oxygens (including phenoxy) is 1. The van der Waals surface area contributed by atoms with Gasteiger partial charge in [-0.1, -0.05) is 58.0 Å². The van der Waals surface area contributed by atoms with Crippen molar-refractivity contribution in [2.45, 2.75) is 53.4 Å². The third-order valence-corrected chi connectivity index (χ3v) is 5.39. The molecule has 2 aromatic rings. The lowest BCUT2D eigenvalue weighted by molar-refractivity contribution is -0.115. The van der Waals surface area contributed by atoms with E-state index in [1.54, 1.807) is 6.92 Å². The average molecular weight is 388 g/mol. The highest BCUT2D eigenvalue weighted by Gasteiger charge is 2.24. The number of esters is 1. The zero-order chi connectivity index (χ0) is 20.0. The molecule has 1 aromatic heterocycles. The molecule has 0 aliphatic heterocycles. The summed E-state index contributed by atoms with van der Waals surface area (Å²) in [5.74, 6) is -0.232. The summed E-state index contributed by atoms with van der Waals surface area (Å²) in [7, 11) is 0. The Morgan fingerprint density at radius 1 is 1.19 bits per heavy atom. The van der Waals surface area contributed by atoms with Crippen molar-refractivity contribution in [2.24, 2.45) is 5.41 Å². The van der Waals surface area contributed by atoms with Crippen molar-refractivity contribution < 1.29 is 14.3 Å². The van der Waals surface area contributed by atoms with Crippen LogP contribution >= 0.6 is 11.3 Å². The van der Waals surface area contributed by atoms with Crippen LogP contribution in [0.1, 0.15) is 67.8 Å². The van der Waals surface area contributed by atoms with Gasteiger partial charge in [-0.2, -0.15) is 0 Å². The normalized spacial score (nSPS) is 12.5. The van der Waals surface area contributed by atoms with Gasteiger partial charge in [0.15, 0.2) is 0 Å². The number of amides is 1. The molecule has 2 rings (SSSR count). The summed E-state index contributed by atoms with van der Waals surface area (Å²) < 4.78 is 5.18. The molecular weight excluding hydrogens is 358 g/mol. The number of nitrogens with one attached hydrogen (secondary N) is 1. The molecule has 0 spiro atoms. The van der Waals surface area contributed by atoms with E-state index in [9.17, 15) is 9.59 Å². The maximum absolute atomic E-state index is 12.5. The van der Waals surface area contributed by atoms with Crippen LogP contribution in [0, 0.1) is 5.41 Å². The van der Waals surface area contributed by atoms with Gasteiger partial charge in [0.2, 0.25) is 5.91 Å². The van der Waals surface area contributed by atoms with Gasteiger partial charge in [0, 0.05) is 4.88 Å². The molecule has 1 aromatic carbocycles. The first-order chi connectivity index (χ1) is 12.7. The average Bonchev–Trinajstić information content (AvgIpc) is 2.98. The fraction of sp³-hybridized carbons (Fsp3) is 0.455. The van der Waals surface area contributed by atoms with E-state index in [0.29, 0.717) is 23.1 Å². The third kappa shape index (κ3) is 6.51. The molecule has 0 aliphatic rings. The van der Waals surface area contributed by atoms with Crippen LogP contribution in [0.25, 0.3) is 0 Å². The van der Waals surface area contributed by atoms with Crippen LogP contribution in [0.3, 0.4) is 0 Å². The van der Waals surface area contributed by atoms with E-state index in [0.717, 1.165) is 16.9 Å². The fourth-order valence-corrected chi connectivity index (χ4v) is 4.19. The van der Waals surface area contributed by atoms with Gasteiger partial charge in [0.25, 0.3) is 0 Å². The molecule has 0 fully saturated rings. The minimum Gasteiger partial charge on any atom is -0.462 e. The number of thiophene rings is 1. The number of carbonyl (C=O) groups is 2. The van der Waals surface area contributed by atoms with Gasteiger partial charge >= 0.3 is 5.97 Å². The van der Waals surface area contributed by atoms with Gasteiger partial charge in [-0.05, 0) is 36.3 Å². The number of hydrogen-bond acceptors (Lipinski definition) is 4. The smallest absolute Gasteiger partial charge is 0.341 e. The van der Waals surface area contributed by atoms with Crippen LogP contribution in [0.5, 0.6) is 0 Å². The second-order valence-electron chi connectivity index (χ2n) is 7.99. The van der Waals surface area contributed by atoms with Crippen molar-refractivity contribution in [2.75, 3.05) is 11.9 Å². The molecule has 27 heavy (non-hydrogen) atoms. The molecule has 4 nitrogen and oxygen atoms in total. The number of benzene rings is 1. The molecule has 0 saturated carbocycles. The van der Waals surface area contributed by atoms with Gasteiger partial charge in [-0.3, -0.25) is 4.79 Å². The number of hydrogen-bond donors (Lipinski definition) is 1. The quantitative estimate of drug-likeness (QED) is 0.625. The third-order valence-electron chi connectivity index (χ3n) is 4.11. The van der Waals surface area contributed by atoms with E-state index in [-0.39, 0.29) is 17.7 Å². The lowest BCUT2D eigenvalue weighted by Gasteiger charge is -2.22. The Morgan fingerprint density at radius 2 is 1.85 bits per heavy atom. The number of carbonyl (C=O) groups excluding carboxylic acids is 2. The van der Waals surface area contributed by atoms with Gasteiger partial charge in [0.05, 0.1) is 18.6 Å². The highest BCUT2D eigenvalue weighted by Crippen LogP contribution is 2.38. The maximum Gasteiger partial charge on any atom is 0.341 e. The molecule has 146 valence electrons. The predicted octanol–water partition coefficient (Wildman–Crippen LogP) is 5.65. The molecule has 0 unspecified atom stereocenters. The first-order valence-electron chi connectivity index (χ1n) is 9.34. The van der Waals surface area contributed by atoms with Gasteiger partial charge in [-0.25, -0.2) is 4.79 Å². The highest BCUT2D eigenvalue weighted by atomic mass is 32.1. The molecular formula is C22H29NO3S. The second-order valence-corrected chi connectivity index (χ2v) is 9.07. The van der Waals surface area contributed by atoms with Crippen molar-refractivity contribution >= 4 is 28.2 Å². The summed E-state index contributed by atoms with van der Waals surface area (Å²) in [5, 5.41) is 3.49. The van der Waals surface area contributed by atoms with Crippen molar-refractivity contribution in [1.29, 1.82) is 0 Å². The van der Waals surface area contributed by atoms with Crippen LogP contribution in [-0.2, 0) is 16.0 Å². The summed E-state index contributed by atoms with van der Waals surface area (Å²) in [6.07, 6.45) is 1.26.